The highest BCUT2D eigenvalue weighted by molar-refractivity contribution is 7.89. The average molecular weight is 517 g/mol. The molecular formula is C29H28N2O5S. The van der Waals surface area contributed by atoms with Crippen LogP contribution in [0.1, 0.15) is 41.6 Å². The smallest absolute Gasteiger partial charge is 0.241 e. The maximum absolute atomic E-state index is 13.4. The summed E-state index contributed by atoms with van der Waals surface area (Å²) < 4.78 is 35.2. The van der Waals surface area contributed by atoms with Crippen LogP contribution in [0.5, 0.6) is 5.75 Å². The number of benzene rings is 4. The molecule has 2 atom stereocenters. The fourth-order valence-corrected chi connectivity index (χ4v) is 5.88. The predicted octanol–water partition coefficient (Wildman–Crippen LogP) is 4.38. The Hall–Kier alpha value is -3.72. The minimum absolute atomic E-state index is 0.0712. The van der Waals surface area contributed by atoms with Crippen LogP contribution in [0.3, 0.4) is 0 Å². The highest BCUT2D eigenvalue weighted by Crippen LogP contribution is 2.33. The van der Waals surface area contributed by atoms with Crippen LogP contribution in [0.15, 0.2) is 95.9 Å². The molecule has 0 aliphatic carbocycles. The Kier molecular flexibility index (Phi) is 7.23. The van der Waals surface area contributed by atoms with Gasteiger partial charge in [0.15, 0.2) is 0 Å². The van der Waals surface area contributed by atoms with Crippen LogP contribution in [0.2, 0.25) is 0 Å². The van der Waals surface area contributed by atoms with Crippen molar-refractivity contribution < 1.29 is 23.1 Å². The Morgan fingerprint density at radius 2 is 1.70 bits per heavy atom. The Balaban J connectivity index is 1.36. The number of hydrogen-bond acceptors (Lipinski definition) is 5. The normalized spacial score (nSPS) is 16.0. The lowest BCUT2D eigenvalue weighted by molar-refractivity contribution is -0.122. The van der Waals surface area contributed by atoms with E-state index in [-0.39, 0.29) is 29.9 Å². The fraction of sp³-hybridized carbons (Fsp3) is 0.207. The number of carbonyl (C=O) groups excluding carboxylic acids is 1. The van der Waals surface area contributed by atoms with E-state index in [0.29, 0.717) is 24.3 Å². The molecule has 0 fully saturated rings. The summed E-state index contributed by atoms with van der Waals surface area (Å²) in [4.78, 5) is 13.3. The van der Waals surface area contributed by atoms with E-state index in [1.54, 1.807) is 42.5 Å². The average Bonchev–Trinajstić information content (AvgIpc) is 2.92. The van der Waals surface area contributed by atoms with Crippen LogP contribution in [-0.4, -0.2) is 26.0 Å². The summed E-state index contributed by atoms with van der Waals surface area (Å²) in [5, 5.41) is 14.2. The van der Waals surface area contributed by atoms with Gasteiger partial charge in [-0.2, -0.15) is 0 Å². The summed E-state index contributed by atoms with van der Waals surface area (Å²) in [6.45, 7) is 0.341. The van der Waals surface area contributed by atoms with Gasteiger partial charge in [-0.3, -0.25) is 4.79 Å². The topological polar surface area (TPSA) is 105 Å². The van der Waals surface area contributed by atoms with Crippen molar-refractivity contribution in [1.29, 1.82) is 0 Å². The zero-order chi connectivity index (χ0) is 25.8. The fourth-order valence-electron chi connectivity index (χ4n) is 4.62. The highest BCUT2D eigenvalue weighted by atomic mass is 32.2. The maximum Gasteiger partial charge on any atom is 0.241 e. The molecule has 0 bridgehead atoms. The minimum atomic E-state index is -3.91. The molecule has 1 amide bonds. The van der Waals surface area contributed by atoms with Gasteiger partial charge < -0.3 is 15.2 Å². The molecule has 37 heavy (non-hydrogen) atoms. The lowest BCUT2D eigenvalue weighted by Crippen LogP contribution is -2.36. The molecule has 4 aromatic carbocycles. The second kappa shape index (κ2) is 10.7. The van der Waals surface area contributed by atoms with Crippen molar-refractivity contribution in [3.05, 3.63) is 108 Å². The Labute approximate surface area is 216 Å². The summed E-state index contributed by atoms with van der Waals surface area (Å²) in [5.41, 5.74) is 2.27. The van der Waals surface area contributed by atoms with E-state index in [4.69, 9.17) is 4.74 Å². The molecule has 3 N–H and O–H groups in total. The number of amides is 1. The molecular weight excluding hydrogens is 488 g/mol. The molecule has 0 spiro atoms. The number of aliphatic hydroxyl groups excluding tert-OH is 1. The van der Waals surface area contributed by atoms with Crippen molar-refractivity contribution in [2.45, 2.75) is 36.4 Å². The van der Waals surface area contributed by atoms with Crippen molar-refractivity contribution in [2.24, 2.45) is 0 Å². The Morgan fingerprint density at radius 1 is 0.946 bits per heavy atom. The lowest BCUT2D eigenvalue weighted by atomic mass is 9.98. The van der Waals surface area contributed by atoms with Gasteiger partial charge in [-0.25, -0.2) is 13.1 Å². The van der Waals surface area contributed by atoms with Gasteiger partial charge in [-0.1, -0.05) is 72.8 Å². The third-order valence-corrected chi connectivity index (χ3v) is 8.02. The molecule has 0 saturated carbocycles. The SMILES string of the molecule is O=C(C[C@H](NS(=O)(=O)c1ccc2ccccc2c1)c1ccccc1)N[C@H]1CCOc2cc(CO)ccc21. The number of fused-ring (bicyclic) bond motifs is 2. The largest absolute Gasteiger partial charge is 0.493 e. The summed E-state index contributed by atoms with van der Waals surface area (Å²) >= 11 is 0. The standard InChI is InChI=1S/C29H28N2O5S/c32-19-20-10-13-25-26(14-15-36-28(25)16-20)30-29(33)18-27(22-7-2-1-3-8-22)31-37(34,35)24-12-11-21-6-4-5-9-23(21)17-24/h1-13,16-17,26-27,31-32H,14-15,18-19H2,(H,30,33)/t26-,27-/m0/s1. The van der Waals surface area contributed by atoms with E-state index in [1.165, 1.54) is 0 Å². The summed E-state index contributed by atoms with van der Waals surface area (Å²) in [6, 6.07) is 26.1. The van der Waals surface area contributed by atoms with E-state index in [0.717, 1.165) is 21.9 Å². The van der Waals surface area contributed by atoms with Gasteiger partial charge in [-0.05, 0) is 40.1 Å². The van der Waals surface area contributed by atoms with Gasteiger partial charge >= 0.3 is 0 Å². The molecule has 8 heteroatoms. The third kappa shape index (κ3) is 5.67. The van der Waals surface area contributed by atoms with Crippen LogP contribution in [0, 0.1) is 0 Å². The molecule has 4 aromatic rings. The van der Waals surface area contributed by atoms with E-state index < -0.39 is 16.1 Å². The number of hydrogen-bond donors (Lipinski definition) is 3. The van der Waals surface area contributed by atoms with Crippen molar-refractivity contribution in [3.8, 4) is 5.75 Å². The molecule has 0 aromatic heterocycles. The Bertz CT molecular complexity index is 1520. The van der Waals surface area contributed by atoms with Gasteiger partial charge in [0.1, 0.15) is 5.75 Å². The van der Waals surface area contributed by atoms with Gasteiger partial charge in [0, 0.05) is 18.4 Å². The number of sulfonamides is 1. The molecule has 1 aliphatic heterocycles. The van der Waals surface area contributed by atoms with Crippen LogP contribution in [0.4, 0.5) is 0 Å². The first-order chi connectivity index (χ1) is 17.9. The molecule has 0 unspecified atom stereocenters. The van der Waals surface area contributed by atoms with E-state index in [2.05, 4.69) is 10.0 Å². The Morgan fingerprint density at radius 3 is 2.49 bits per heavy atom. The van der Waals surface area contributed by atoms with Crippen LogP contribution >= 0.6 is 0 Å². The molecule has 0 radical (unpaired) electrons. The zero-order valence-electron chi connectivity index (χ0n) is 20.1. The number of aliphatic hydroxyl groups is 1. The summed E-state index contributed by atoms with van der Waals surface area (Å²) in [5.74, 6) is 0.360. The van der Waals surface area contributed by atoms with E-state index in [1.807, 2.05) is 48.5 Å². The van der Waals surface area contributed by atoms with Crippen LogP contribution < -0.4 is 14.8 Å². The predicted molar refractivity (Wildman–Crippen MR) is 141 cm³/mol. The first-order valence-electron chi connectivity index (χ1n) is 12.1. The molecule has 1 aliphatic rings. The van der Waals surface area contributed by atoms with Gasteiger partial charge in [-0.15, -0.1) is 0 Å². The monoisotopic (exact) mass is 516 g/mol. The maximum atomic E-state index is 13.4. The quantitative estimate of drug-likeness (QED) is 0.322. The van der Waals surface area contributed by atoms with Crippen molar-refractivity contribution >= 4 is 26.7 Å². The molecule has 1 heterocycles. The van der Waals surface area contributed by atoms with Crippen LogP contribution in [-0.2, 0) is 21.4 Å². The number of nitrogens with one attached hydrogen (secondary N) is 2. The van der Waals surface area contributed by atoms with E-state index >= 15 is 0 Å². The summed E-state index contributed by atoms with van der Waals surface area (Å²) in [6.07, 6.45) is 0.522. The number of ether oxygens (including phenoxy) is 1. The lowest BCUT2D eigenvalue weighted by Gasteiger charge is -2.28. The van der Waals surface area contributed by atoms with Crippen LogP contribution in [0.25, 0.3) is 10.8 Å². The van der Waals surface area contributed by atoms with Gasteiger partial charge in [0.25, 0.3) is 0 Å². The van der Waals surface area contributed by atoms with Gasteiger partial charge in [0.2, 0.25) is 15.9 Å². The number of rotatable bonds is 8. The molecule has 5 rings (SSSR count). The zero-order valence-corrected chi connectivity index (χ0v) is 20.9. The minimum Gasteiger partial charge on any atom is -0.493 e. The van der Waals surface area contributed by atoms with Crippen molar-refractivity contribution in [3.63, 3.8) is 0 Å². The second-order valence-corrected chi connectivity index (χ2v) is 10.8. The molecule has 0 saturated heterocycles. The first kappa shape index (κ1) is 25.0. The molecule has 7 nitrogen and oxygen atoms in total. The van der Waals surface area contributed by atoms with Crippen molar-refractivity contribution in [2.75, 3.05) is 6.61 Å². The van der Waals surface area contributed by atoms with Crippen molar-refractivity contribution in [1.82, 2.24) is 10.0 Å². The second-order valence-electron chi connectivity index (χ2n) is 9.09. The van der Waals surface area contributed by atoms with Gasteiger partial charge in [0.05, 0.1) is 30.2 Å². The van der Waals surface area contributed by atoms with E-state index in [9.17, 15) is 18.3 Å². The summed E-state index contributed by atoms with van der Waals surface area (Å²) in [7, 11) is -3.91. The number of carbonyl (C=O) groups is 1. The third-order valence-electron chi connectivity index (χ3n) is 6.56. The molecule has 190 valence electrons. The first-order valence-corrected chi connectivity index (χ1v) is 13.6. The highest BCUT2D eigenvalue weighted by Gasteiger charge is 2.27.